The Morgan fingerprint density at radius 3 is 2.17 bits per heavy atom. The Morgan fingerprint density at radius 1 is 1.11 bits per heavy atom. The van der Waals surface area contributed by atoms with Gasteiger partial charge in [0.1, 0.15) is 0 Å². The highest BCUT2D eigenvalue weighted by Crippen LogP contribution is 2.60. The van der Waals surface area contributed by atoms with E-state index in [1.165, 1.54) is 0 Å². The molecule has 0 bridgehead atoms. The van der Waals surface area contributed by atoms with Crippen LogP contribution in [0.15, 0.2) is 18.2 Å². The van der Waals surface area contributed by atoms with Gasteiger partial charge >= 0.3 is 6.09 Å². The van der Waals surface area contributed by atoms with E-state index in [9.17, 15) is 4.79 Å². The SMILES string of the molecule is O=C(O)Nc1ccc(C2(Cl)CC2)c(C2(Cl)CC2)c1. The molecule has 0 aliphatic heterocycles. The van der Waals surface area contributed by atoms with Gasteiger partial charge in [-0.2, -0.15) is 0 Å². The largest absolute Gasteiger partial charge is 0.465 e. The van der Waals surface area contributed by atoms with Gasteiger partial charge in [0, 0.05) is 5.69 Å². The quantitative estimate of drug-likeness (QED) is 0.817. The molecule has 1 aromatic rings. The molecule has 2 N–H and O–H groups in total. The second-order valence-electron chi connectivity index (χ2n) is 5.12. The predicted molar refractivity (Wildman–Crippen MR) is 71.6 cm³/mol. The summed E-state index contributed by atoms with van der Waals surface area (Å²) in [5, 5.41) is 11.1. The lowest BCUT2D eigenvalue weighted by molar-refractivity contribution is 0.210. The van der Waals surface area contributed by atoms with Crippen molar-refractivity contribution in [3.8, 4) is 0 Å². The van der Waals surface area contributed by atoms with Crippen LogP contribution in [0.1, 0.15) is 36.8 Å². The van der Waals surface area contributed by atoms with Gasteiger partial charge in [-0.1, -0.05) is 6.07 Å². The maximum atomic E-state index is 10.7. The van der Waals surface area contributed by atoms with Gasteiger partial charge in [0.2, 0.25) is 0 Å². The molecule has 0 saturated heterocycles. The Bertz CT molecular complexity index is 522. The number of alkyl halides is 2. The Labute approximate surface area is 115 Å². The van der Waals surface area contributed by atoms with E-state index in [0.717, 1.165) is 36.8 Å². The molecular weight excluding hydrogens is 273 g/mol. The minimum Gasteiger partial charge on any atom is -0.465 e. The van der Waals surface area contributed by atoms with E-state index < -0.39 is 6.09 Å². The number of hydrogen-bond donors (Lipinski definition) is 2. The molecule has 1 aromatic carbocycles. The third-order valence-corrected chi connectivity index (χ3v) is 4.78. The molecule has 0 heterocycles. The molecule has 3 nitrogen and oxygen atoms in total. The van der Waals surface area contributed by atoms with Gasteiger partial charge in [0.25, 0.3) is 0 Å². The van der Waals surface area contributed by atoms with Crippen molar-refractivity contribution in [2.24, 2.45) is 0 Å². The van der Waals surface area contributed by atoms with E-state index in [2.05, 4.69) is 5.32 Å². The van der Waals surface area contributed by atoms with Crippen molar-refractivity contribution >= 4 is 35.0 Å². The molecule has 0 unspecified atom stereocenters. The Hall–Kier alpha value is -0.930. The smallest absolute Gasteiger partial charge is 0.409 e. The number of carboxylic acid groups (broad SMARTS) is 1. The highest BCUT2D eigenvalue weighted by Gasteiger charge is 2.50. The average Bonchev–Trinajstić information content (AvgIpc) is 3.19. The van der Waals surface area contributed by atoms with Crippen LogP contribution in [0.25, 0.3) is 0 Å². The summed E-state index contributed by atoms with van der Waals surface area (Å²) in [6.45, 7) is 0. The molecule has 96 valence electrons. The molecular formula is C13H13Cl2NO2. The number of hydrogen-bond acceptors (Lipinski definition) is 1. The number of nitrogens with one attached hydrogen (secondary N) is 1. The van der Waals surface area contributed by atoms with Gasteiger partial charge in [-0.15, -0.1) is 23.2 Å². The van der Waals surface area contributed by atoms with E-state index >= 15 is 0 Å². The summed E-state index contributed by atoms with van der Waals surface area (Å²) >= 11 is 13.0. The zero-order chi connectivity index (χ0) is 13.0. The lowest BCUT2D eigenvalue weighted by atomic mass is 9.98. The monoisotopic (exact) mass is 285 g/mol. The standard InChI is InChI=1S/C13H13Cl2NO2/c14-12(3-4-12)9-2-1-8(16-11(17)18)7-10(9)13(15)5-6-13/h1-2,7,16H,3-6H2,(H,17,18). The maximum absolute atomic E-state index is 10.7. The minimum atomic E-state index is -1.07. The summed E-state index contributed by atoms with van der Waals surface area (Å²) in [5.41, 5.74) is 2.60. The molecule has 0 radical (unpaired) electrons. The zero-order valence-corrected chi connectivity index (χ0v) is 11.2. The van der Waals surface area contributed by atoms with Gasteiger partial charge in [0.15, 0.2) is 0 Å². The van der Waals surface area contributed by atoms with E-state index in [0.29, 0.717) is 5.69 Å². The van der Waals surface area contributed by atoms with E-state index in [1.54, 1.807) is 6.07 Å². The minimum absolute atomic E-state index is 0.276. The summed E-state index contributed by atoms with van der Waals surface area (Å²) in [4.78, 5) is 10.1. The van der Waals surface area contributed by atoms with Crippen molar-refractivity contribution in [2.45, 2.75) is 35.4 Å². The van der Waals surface area contributed by atoms with Crippen molar-refractivity contribution in [3.05, 3.63) is 29.3 Å². The molecule has 0 atom stereocenters. The number of anilines is 1. The van der Waals surface area contributed by atoms with Crippen LogP contribution in [0.2, 0.25) is 0 Å². The van der Waals surface area contributed by atoms with Crippen molar-refractivity contribution < 1.29 is 9.90 Å². The van der Waals surface area contributed by atoms with Gasteiger partial charge in [0.05, 0.1) is 9.75 Å². The van der Waals surface area contributed by atoms with Crippen molar-refractivity contribution in [3.63, 3.8) is 0 Å². The second-order valence-corrected chi connectivity index (χ2v) is 6.57. The summed E-state index contributed by atoms with van der Waals surface area (Å²) in [6, 6.07) is 5.48. The number of halogens is 2. The first kappa shape index (κ1) is 12.1. The molecule has 2 aliphatic carbocycles. The summed E-state index contributed by atoms with van der Waals surface area (Å²) in [5.74, 6) is 0. The molecule has 3 rings (SSSR count). The first-order valence-electron chi connectivity index (χ1n) is 5.96. The fourth-order valence-electron chi connectivity index (χ4n) is 2.27. The maximum Gasteiger partial charge on any atom is 0.409 e. The highest BCUT2D eigenvalue weighted by molar-refractivity contribution is 6.28. The van der Waals surface area contributed by atoms with Crippen LogP contribution >= 0.6 is 23.2 Å². The van der Waals surface area contributed by atoms with Crippen LogP contribution in [-0.2, 0) is 9.75 Å². The zero-order valence-electron chi connectivity index (χ0n) is 9.67. The molecule has 5 heteroatoms. The predicted octanol–water partition coefficient (Wildman–Crippen LogP) is 4.23. The number of benzene rings is 1. The fourth-order valence-corrected chi connectivity index (χ4v) is 2.78. The van der Waals surface area contributed by atoms with Crippen molar-refractivity contribution in [1.29, 1.82) is 0 Å². The third-order valence-electron chi connectivity index (χ3n) is 3.61. The van der Waals surface area contributed by atoms with Gasteiger partial charge in [-0.05, 0) is 48.9 Å². The average molecular weight is 286 g/mol. The molecule has 2 aliphatic rings. The highest BCUT2D eigenvalue weighted by atomic mass is 35.5. The molecule has 2 saturated carbocycles. The topological polar surface area (TPSA) is 49.3 Å². The van der Waals surface area contributed by atoms with E-state index in [-0.39, 0.29) is 9.75 Å². The van der Waals surface area contributed by atoms with Gasteiger partial charge in [-0.25, -0.2) is 4.79 Å². The van der Waals surface area contributed by atoms with Crippen molar-refractivity contribution in [1.82, 2.24) is 0 Å². The van der Waals surface area contributed by atoms with Crippen LogP contribution in [-0.4, -0.2) is 11.2 Å². The summed E-state index contributed by atoms with van der Waals surface area (Å²) in [7, 11) is 0. The summed E-state index contributed by atoms with van der Waals surface area (Å²) in [6.07, 6.45) is 2.69. The van der Waals surface area contributed by atoms with Crippen LogP contribution in [0.5, 0.6) is 0 Å². The Kier molecular flexibility index (Phi) is 2.55. The number of rotatable bonds is 3. The molecule has 0 spiro atoms. The molecule has 18 heavy (non-hydrogen) atoms. The van der Waals surface area contributed by atoms with Crippen LogP contribution in [0.4, 0.5) is 10.5 Å². The molecule has 2 fully saturated rings. The van der Waals surface area contributed by atoms with Gasteiger partial charge < -0.3 is 5.11 Å². The molecule has 0 aromatic heterocycles. The lowest BCUT2D eigenvalue weighted by Crippen LogP contribution is -2.12. The lowest BCUT2D eigenvalue weighted by Gasteiger charge is -2.18. The van der Waals surface area contributed by atoms with Crippen LogP contribution in [0, 0.1) is 0 Å². The summed E-state index contributed by atoms with van der Waals surface area (Å²) < 4.78 is 0. The van der Waals surface area contributed by atoms with E-state index in [1.807, 2.05) is 12.1 Å². The Morgan fingerprint density at radius 2 is 1.67 bits per heavy atom. The molecule has 1 amide bonds. The third kappa shape index (κ3) is 2.06. The fraction of sp³-hybridized carbons (Fsp3) is 0.462. The van der Waals surface area contributed by atoms with Gasteiger partial charge in [-0.3, -0.25) is 5.32 Å². The Balaban J connectivity index is 2.02. The van der Waals surface area contributed by atoms with E-state index in [4.69, 9.17) is 28.3 Å². The van der Waals surface area contributed by atoms with Crippen LogP contribution < -0.4 is 5.32 Å². The van der Waals surface area contributed by atoms with Crippen molar-refractivity contribution in [2.75, 3.05) is 5.32 Å². The second kappa shape index (κ2) is 3.78. The number of carbonyl (C=O) groups is 1. The normalized spacial score (nSPS) is 22.3. The first-order chi connectivity index (χ1) is 8.43. The number of amides is 1. The first-order valence-corrected chi connectivity index (χ1v) is 6.71. The van der Waals surface area contributed by atoms with Crippen LogP contribution in [0.3, 0.4) is 0 Å².